The summed E-state index contributed by atoms with van der Waals surface area (Å²) in [6, 6.07) is 10.2. The zero-order valence-corrected chi connectivity index (χ0v) is 15.6. The van der Waals surface area contributed by atoms with Crippen molar-refractivity contribution in [2.75, 3.05) is 21.3 Å². The van der Waals surface area contributed by atoms with Crippen LogP contribution in [0, 0.1) is 0 Å². The lowest BCUT2D eigenvalue weighted by atomic mass is 10.2. The number of hydrogen-bond donors (Lipinski definition) is 0. The smallest absolute Gasteiger partial charge is 0.245 e. The van der Waals surface area contributed by atoms with Crippen LogP contribution in [0.1, 0.15) is 5.56 Å². The Bertz CT molecular complexity index is 1000. The summed E-state index contributed by atoms with van der Waals surface area (Å²) >= 11 is 0.992. The molecule has 3 rings (SSSR count). The number of hydrogen-bond acceptors (Lipinski definition) is 7. The normalized spacial score (nSPS) is 11.8. The summed E-state index contributed by atoms with van der Waals surface area (Å²) in [6.45, 7) is 0.156. The van der Waals surface area contributed by atoms with Crippen LogP contribution in [0.15, 0.2) is 41.3 Å². The molecule has 1 heterocycles. The van der Waals surface area contributed by atoms with Crippen LogP contribution in [0.5, 0.6) is 11.5 Å². The van der Waals surface area contributed by atoms with Crippen LogP contribution in [-0.4, -0.2) is 42.7 Å². The summed E-state index contributed by atoms with van der Waals surface area (Å²) < 4.78 is 45.9. The van der Waals surface area contributed by atoms with Crippen molar-refractivity contribution in [1.82, 2.24) is 13.1 Å². The highest BCUT2D eigenvalue weighted by atomic mass is 32.2. The van der Waals surface area contributed by atoms with Gasteiger partial charge in [-0.3, -0.25) is 0 Å². The minimum absolute atomic E-state index is 0.147. The summed E-state index contributed by atoms with van der Waals surface area (Å²) in [6.07, 6.45) is 0. The summed E-state index contributed by atoms with van der Waals surface area (Å²) in [4.78, 5) is 0.147. The molecule has 0 N–H and O–H groups in total. The molecule has 0 bridgehead atoms. The van der Waals surface area contributed by atoms with Gasteiger partial charge < -0.3 is 9.47 Å². The summed E-state index contributed by atoms with van der Waals surface area (Å²) in [5.41, 5.74) is 1.69. The van der Waals surface area contributed by atoms with E-state index < -0.39 is 10.0 Å². The molecule has 0 radical (unpaired) electrons. The van der Waals surface area contributed by atoms with E-state index in [-0.39, 0.29) is 11.4 Å². The third-order valence-corrected chi connectivity index (χ3v) is 6.20. The zero-order chi connectivity index (χ0) is 18.0. The third kappa shape index (κ3) is 3.30. The van der Waals surface area contributed by atoms with Crippen LogP contribution in [-0.2, 0) is 16.6 Å². The molecule has 3 aromatic rings. The van der Waals surface area contributed by atoms with Crippen LogP contribution in [0.2, 0.25) is 0 Å². The van der Waals surface area contributed by atoms with E-state index >= 15 is 0 Å². The molecule has 7 nitrogen and oxygen atoms in total. The maximum Gasteiger partial charge on any atom is 0.245 e. The lowest BCUT2D eigenvalue weighted by Gasteiger charge is -2.19. The number of fused-ring (bicyclic) bond motifs is 1. The first kappa shape index (κ1) is 17.6. The third-order valence-electron chi connectivity index (χ3n) is 3.82. The van der Waals surface area contributed by atoms with Gasteiger partial charge in [-0.05, 0) is 18.2 Å². The maximum absolute atomic E-state index is 13.0. The molecule has 0 fully saturated rings. The second-order valence-electron chi connectivity index (χ2n) is 5.33. The van der Waals surface area contributed by atoms with Gasteiger partial charge >= 0.3 is 0 Å². The highest BCUT2D eigenvalue weighted by Crippen LogP contribution is 2.28. The van der Waals surface area contributed by atoms with Gasteiger partial charge in [0.05, 0.1) is 25.9 Å². The van der Waals surface area contributed by atoms with E-state index in [1.54, 1.807) is 43.5 Å². The topological polar surface area (TPSA) is 81.6 Å². The van der Waals surface area contributed by atoms with E-state index in [1.165, 1.54) is 18.5 Å². The van der Waals surface area contributed by atoms with Crippen LogP contribution in [0.25, 0.3) is 11.0 Å². The first-order chi connectivity index (χ1) is 12.0. The van der Waals surface area contributed by atoms with Gasteiger partial charge in [0.25, 0.3) is 0 Å². The first-order valence-corrected chi connectivity index (χ1v) is 9.53. The van der Waals surface area contributed by atoms with Crippen molar-refractivity contribution in [3.8, 4) is 11.5 Å². The Morgan fingerprint density at radius 1 is 1.12 bits per heavy atom. The number of methoxy groups -OCH3 is 2. The lowest BCUT2D eigenvalue weighted by Crippen LogP contribution is -2.27. The molecule has 132 valence electrons. The summed E-state index contributed by atoms with van der Waals surface area (Å²) in [5, 5.41) is 0. The molecule has 0 aliphatic rings. The summed E-state index contributed by atoms with van der Waals surface area (Å²) in [5.74, 6) is 1.21. The Morgan fingerprint density at radius 3 is 2.64 bits per heavy atom. The van der Waals surface area contributed by atoms with Crippen molar-refractivity contribution in [3.05, 3.63) is 42.0 Å². The number of nitrogens with zero attached hydrogens (tertiary/aromatic N) is 3. The largest absolute Gasteiger partial charge is 0.497 e. The molecular formula is C16H17N3O4S2. The van der Waals surface area contributed by atoms with Gasteiger partial charge in [0.1, 0.15) is 27.4 Å². The van der Waals surface area contributed by atoms with Crippen molar-refractivity contribution in [2.45, 2.75) is 11.4 Å². The van der Waals surface area contributed by atoms with Crippen molar-refractivity contribution in [3.63, 3.8) is 0 Å². The molecule has 0 saturated carbocycles. The van der Waals surface area contributed by atoms with Gasteiger partial charge in [0, 0.05) is 25.2 Å². The molecule has 0 amide bonds. The number of aromatic nitrogens is 2. The molecule has 0 unspecified atom stereocenters. The highest BCUT2D eigenvalue weighted by molar-refractivity contribution is 7.89. The average Bonchev–Trinajstić information content (AvgIpc) is 3.10. The lowest BCUT2D eigenvalue weighted by molar-refractivity contribution is 0.384. The van der Waals surface area contributed by atoms with E-state index in [9.17, 15) is 8.42 Å². The van der Waals surface area contributed by atoms with Crippen molar-refractivity contribution in [1.29, 1.82) is 0 Å². The van der Waals surface area contributed by atoms with Crippen LogP contribution >= 0.6 is 11.7 Å². The van der Waals surface area contributed by atoms with E-state index in [0.717, 1.165) is 17.3 Å². The van der Waals surface area contributed by atoms with Gasteiger partial charge in [-0.25, -0.2) is 8.42 Å². The Hall–Kier alpha value is -2.23. The highest BCUT2D eigenvalue weighted by Gasteiger charge is 2.25. The van der Waals surface area contributed by atoms with Gasteiger partial charge in [-0.15, -0.1) is 0 Å². The van der Waals surface area contributed by atoms with Gasteiger partial charge in [-0.1, -0.05) is 12.1 Å². The van der Waals surface area contributed by atoms with Gasteiger partial charge in [0.2, 0.25) is 10.0 Å². The Balaban J connectivity index is 1.95. The minimum atomic E-state index is -3.72. The standard InChI is InChI=1S/C16H17N3O4S2/c1-19(10-11-7-8-12(22-2)9-14(11)23-3)25(20,21)15-6-4-5-13-16(15)18-24-17-13/h4-9H,10H2,1-3H3. The predicted molar refractivity (Wildman–Crippen MR) is 95.6 cm³/mol. The van der Waals surface area contributed by atoms with E-state index in [1.807, 2.05) is 0 Å². The van der Waals surface area contributed by atoms with Gasteiger partial charge in [-0.2, -0.15) is 13.1 Å². The molecule has 9 heteroatoms. The Kier molecular flexibility index (Phi) is 4.89. The Morgan fingerprint density at radius 2 is 1.92 bits per heavy atom. The molecule has 25 heavy (non-hydrogen) atoms. The second kappa shape index (κ2) is 6.95. The fourth-order valence-electron chi connectivity index (χ4n) is 2.46. The minimum Gasteiger partial charge on any atom is -0.497 e. The molecule has 0 saturated heterocycles. The maximum atomic E-state index is 13.0. The van der Waals surface area contributed by atoms with E-state index in [0.29, 0.717) is 22.5 Å². The molecular weight excluding hydrogens is 362 g/mol. The number of benzene rings is 2. The zero-order valence-electron chi connectivity index (χ0n) is 14.0. The van der Waals surface area contributed by atoms with E-state index in [2.05, 4.69) is 8.75 Å². The monoisotopic (exact) mass is 379 g/mol. The molecule has 0 atom stereocenters. The fraction of sp³-hybridized carbons (Fsp3) is 0.250. The Labute approximate surface area is 150 Å². The number of rotatable bonds is 6. The molecule has 0 spiro atoms. The molecule has 0 aliphatic carbocycles. The number of sulfonamides is 1. The van der Waals surface area contributed by atoms with Crippen LogP contribution in [0.4, 0.5) is 0 Å². The van der Waals surface area contributed by atoms with Crippen molar-refractivity contribution < 1.29 is 17.9 Å². The molecule has 2 aromatic carbocycles. The first-order valence-electron chi connectivity index (χ1n) is 7.36. The summed E-state index contributed by atoms with van der Waals surface area (Å²) in [7, 11) is 0.901. The predicted octanol–water partition coefficient (Wildman–Crippen LogP) is 2.53. The molecule has 0 aliphatic heterocycles. The second-order valence-corrected chi connectivity index (χ2v) is 7.87. The van der Waals surface area contributed by atoms with Crippen molar-refractivity contribution in [2.24, 2.45) is 0 Å². The molecule has 1 aromatic heterocycles. The van der Waals surface area contributed by atoms with Crippen LogP contribution in [0.3, 0.4) is 0 Å². The fourth-order valence-corrected chi connectivity index (χ4v) is 4.36. The average molecular weight is 379 g/mol. The van der Waals surface area contributed by atoms with Gasteiger partial charge in [0.15, 0.2) is 0 Å². The SMILES string of the molecule is COc1ccc(CN(C)S(=O)(=O)c2cccc3nsnc23)c(OC)c1. The quantitative estimate of drug-likeness (QED) is 0.655. The van der Waals surface area contributed by atoms with Crippen molar-refractivity contribution >= 4 is 32.8 Å². The number of ether oxygens (including phenoxy) is 2. The van der Waals surface area contributed by atoms with Crippen LogP contribution < -0.4 is 9.47 Å². The van der Waals surface area contributed by atoms with E-state index in [4.69, 9.17) is 9.47 Å².